The number of aromatic nitrogens is 1. The smallest absolute Gasteiger partial charge is 0.252 e. The van der Waals surface area contributed by atoms with Gasteiger partial charge in [0.15, 0.2) is 0 Å². The first-order valence-corrected chi connectivity index (χ1v) is 8.55. The summed E-state index contributed by atoms with van der Waals surface area (Å²) in [5.41, 5.74) is 3.13. The van der Waals surface area contributed by atoms with Gasteiger partial charge in [0.25, 0.3) is 5.91 Å². The molecule has 0 aliphatic heterocycles. The maximum atomic E-state index is 12.8. The van der Waals surface area contributed by atoms with E-state index in [1.54, 1.807) is 7.11 Å². The van der Waals surface area contributed by atoms with E-state index in [4.69, 9.17) is 9.72 Å². The summed E-state index contributed by atoms with van der Waals surface area (Å²) in [6, 6.07) is 17.3. The lowest BCUT2D eigenvalue weighted by atomic mass is 10.0. The Bertz CT molecular complexity index is 908. The first kappa shape index (κ1) is 17.9. The molecule has 1 N–H and O–H groups in total. The number of amides is 1. The third-order valence-corrected chi connectivity index (χ3v) is 4.17. The van der Waals surface area contributed by atoms with Gasteiger partial charge in [0.05, 0.1) is 23.9 Å². The standard InChI is InChI=1S/C21H23N3O2/c1-24(2)12-11-22-21(25)18-14-20(15-7-5-4-6-8-15)23-19-10-9-16(26-3)13-17(18)19/h4-10,13-14H,11-12H2,1-3H3,(H,22,25). The summed E-state index contributed by atoms with van der Waals surface area (Å²) in [5, 5.41) is 3.77. The quantitative estimate of drug-likeness (QED) is 0.742. The Kier molecular flexibility index (Phi) is 5.49. The first-order chi connectivity index (χ1) is 12.6. The summed E-state index contributed by atoms with van der Waals surface area (Å²) in [7, 11) is 5.57. The number of fused-ring (bicyclic) bond motifs is 1. The molecule has 1 amide bonds. The number of rotatable bonds is 6. The molecule has 5 heteroatoms. The van der Waals surface area contributed by atoms with Crippen LogP contribution in [0.5, 0.6) is 5.75 Å². The van der Waals surface area contributed by atoms with Crippen LogP contribution in [0.1, 0.15) is 10.4 Å². The van der Waals surface area contributed by atoms with Gasteiger partial charge in [-0.2, -0.15) is 0 Å². The lowest BCUT2D eigenvalue weighted by molar-refractivity contribution is 0.0952. The second kappa shape index (κ2) is 7.97. The average Bonchev–Trinajstić information content (AvgIpc) is 2.67. The number of benzene rings is 2. The molecule has 0 saturated heterocycles. The van der Waals surface area contributed by atoms with Crippen LogP contribution in [0.2, 0.25) is 0 Å². The minimum Gasteiger partial charge on any atom is -0.497 e. The van der Waals surface area contributed by atoms with Crippen LogP contribution in [0.15, 0.2) is 54.6 Å². The number of nitrogens with one attached hydrogen (secondary N) is 1. The molecule has 0 fully saturated rings. The molecule has 134 valence electrons. The maximum Gasteiger partial charge on any atom is 0.252 e. The van der Waals surface area contributed by atoms with Crippen molar-refractivity contribution in [1.82, 2.24) is 15.2 Å². The van der Waals surface area contributed by atoms with E-state index in [2.05, 4.69) is 5.32 Å². The van der Waals surface area contributed by atoms with Crippen molar-refractivity contribution in [2.24, 2.45) is 0 Å². The van der Waals surface area contributed by atoms with Gasteiger partial charge in [-0.25, -0.2) is 4.98 Å². The molecule has 5 nitrogen and oxygen atoms in total. The molecule has 0 aliphatic rings. The fourth-order valence-corrected chi connectivity index (χ4v) is 2.76. The number of carbonyl (C=O) groups excluding carboxylic acids is 1. The molecule has 0 radical (unpaired) electrons. The fourth-order valence-electron chi connectivity index (χ4n) is 2.76. The minimum absolute atomic E-state index is 0.107. The SMILES string of the molecule is COc1ccc2nc(-c3ccccc3)cc(C(=O)NCCN(C)C)c2c1. The summed E-state index contributed by atoms with van der Waals surface area (Å²) in [6.07, 6.45) is 0. The van der Waals surface area contributed by atoms with Gasteiger partial charge in [0, 0.05) is 24.0 Å². The zero-order valence-electron chi connectivity index (χ0n) is 15.3. The van der Waals surface area contributed by atoms with Crippen molar-refractivity contribution in [1.29, 1.82) is 0 Å². The van der Waals surface area contributed by atoms with Crippen LogP contribution in [0.4, 0.5) is 0 Å². The highest BCUT2D eigenvalue weighted by atomic mass is 16.5. The van der Waals surface area contributed by atoms with Crippen LogP contribution in [-0.2, 0) is 0 Å². The van der Waals surface area contributed by atoms with Crippen LogP contribution in [0.25, 0.3) is 22.2 Å². The largest absolute Gasteiger partial charge is 0.497 e. The Morgan fingerprint density at radius 2 is 1.88 bits per heavy atom. The molecule has 1 heterocycles. The summed E-state index contributed by atoms with van der Waals surface area (Å²) >= 11 is 0. The van der Waals surface area contributed by atoms with Crippen molar-refractivity contribution in [3.8, 4) is 17.0 Å². The van der Waals surface area contributed by atoms with E-state index in [0.717, 1.165) is 28.7 Å². The monoisotopic (exact) mass is 349 g/mol. The fraction of sp³-hybridized carbons (Fsp3) is 0.238. The van der Waals surface area contributed by atoms with Crippen LogP contribution < -0.4 is 10.1 Å². The van der Waals surface area contributed by atoms with E-state index in [1.165, 1.54) is 0 Å². The maximum absolute atomic E-state index is 12.8. The molecule has 0 atom stereocenters. The molecule has 0 aliphatic carbocycles. The number of ether oxygens (including phenoxy) is 1. The van der Waals surface area contributed by atoms with Crippen molar-refractivity contribution in [2.75, 3.05) is 34.3 Å². The zero-order chi connectivity index (χ0) is 18.5. The number of carbonyl (C=O) groups is 1. The van der Waals surface area contributed by atoms with Crippen LogP contribution in [0.3, 0.4) is 0 Å². The van der Waals surface area contributed by atoms with Gasteiger partial charge >= 0.3 is 0 Å². The van der Waals surface area contributed by atoms with Gasteiger partial charge in [0.1, 0.15) is 5.75 Å². The van der Waals surface area contributed by atoms with Crippen LogP contribution in [0, 0.1) is 0 Å². The summed E-state index contributed by atoms with van der Waals surface area (Å²) in [6.45, 7) is 1.36. The molecule has 3 aromatic rings. The Morgan fingerprint density at radius 3 is 2.58 bits per heavy atom. The minimum atomic E-state index is -0.107. The van der Waals surface area contributed by atoms with E-state index in [0.29, 0.717) is 17.9 Å². The molecule has 0 unspecified atom stereocenters. The van der Waals surface area contributed by atoms with Crippen molar-refractivity contribution in [2.45, 2.75) is 0 Å². The summed E-state index contributed by atoms with van der Waals surface area (Å²) in [5.74, 6) is 0.596. The molecule has 2 aromatic carbocycles. The van der Waals surface area contributed by atoms with Gasteiger partial charge in [0.2, 0.25) is 0 Å². The number of nitrogens with zero attached hydrogens (tertiary/aromatic N) is 2. The molecule has 0 saturated carbocycles. The van der Waals surface area contributed by atoms with Crippen molar-refractivity contribution in [3.05, 3.63) is 60.2 Å². The Hall–Kier alpha value is -2.92. The third-order valence-electron chi connectivity index (χ3n) is 4.17. The van der Waals surface area contributed by atoms with Gasteiger partial charge in [-0.15, -0.1) is 0 Å². The van der Waals surface area contributed by atoms with Crippen LogP contribution in [-0.4, -0.2) is 50.1 Å². The van der Waals surface area contributed by atoms with E-state index >= 15 is 0 Å². The predicted molar refractivity (Wildman–Crippen MR) is 105 cm³/mol. The summed E-state index contributed by atoms with van der Waals surface area (Å²) in [4.78, 5) is 19.6. The van der Waals surface area contributed by atoms with Crippen molar-refractivity contribution in [3.63, 3.8) is 0 Å². The highest BCUT2D eigenvalue weighted by Crippen LogP contribution is 2.27. The lowest BCUT2D eigenvalue weighted by Crippen LogP contribution is -2.31. The molecule has 0 bridgehead atoms. The van der Waals surface area contributed by atoms with Gasteiger partial charge in [-0.05, 0) is 38.4 Å². The topological polar surface area (TPSA) is 54.5 Å². The van der Waals surface area contributed by atoms with Crippen molar-refractivity contribution < 1.29 is 9.53 Å². The lowest BCUT2D eigenvalue weighted by Gasteiger charge is -2.13. The Morgan fingerprint density at radius 1 is 1.12 bits per heavy atom. The van der Waals surface area contributed by atoms with Gasteiger partial charge in [-0.1, -0.05) is 30.3 Å². The highest BCUT2D eigenvalue weighted by Gasteiger charge is 2.14. The Labute approximate surface area is 153 Å². The number of hydrogen-bond donors (Lipinski definition) is 1. The van der Waals surface area contributed by atoms with Gasteiger partial charge < -0.3 is 15.0 Å². The molecule has 1 aromatic heterocycles. The predicted octanol–water partition coefficient (Wildman–Crippen LogP) is 3.20. The van der Waals surface area contributed by atoms with Gasteiger partial charge in [-0.3, -0.25) is 4.79 Å². The second-order valence-electron chi connectivity index (χ2n) is 6.36. The molecule has 0 spiro atoms. The number of likely N-dealkylation sites (N-methyl/N-ethyl adjacent to an activating group) is 1. The highest BCUT2D eigenvalue weighted by molar-refractivity contribution is 6.07. The van der Waals surface area contributed by atoms with Crippen molar-refractivity contribution >= 4 is 16.8 Å². The molecular formula is C21H23N3O2. The average molecular weight is 349 g/mol. The van der Waals surface area contributed by atoms with E-state index in [9.17, 15) is 4.79 Å². The summed E-state index contributed by atoms with van der Waals surface area (Å²) < 4.78 is 5.32. The normalized spacial score (nSPS) is 10.9. The van der Waals surface area contributed by atoms with E-state index in [1.807, 2.05) is 73.6 Å². The first-order valence-electron chi connectivity index (χ1n) is 8.55. The molecular weight excluding hydrogens is 326 g/mol. The molecule has 3 rings (SSSR count). The Balaban J connectivity index is 2.06. The second-order valence-corrected chi connectivity index (χ2v) is 6.36. The van der Waals surface area contributed by atoms with Crippen LogP contribution >= 0.6 is 0 Å². The van der Waals surface area contributed by atoms with E-state index < -0.39 is 0 Å². The number of methoxy groups -OCH3 is 1. The number of hydrogen-bond acceptors (Lipinski definition) is 4. The number of pyridine rings is 1. The zero-order valence-corrected chi connectivity index (χ0v) is 15.3. The molecule has 26 heavy (non-hydrogen) atoms. The van der Waals surface area contributed by atoms with E-state index in [-0.39, 0.29) is 5.91 Å². The third kappa shape index (κ3) is 4.00.